The highest BCUT2D eigenvalue weighted by Gasteiger charge is 2.21. The smallest absolute Gasteiger partial charge is 0.315 e. The van der Waals surface area contributed by atoms with Gasteiger partial charge in [-0.2, -0.15) is 0 Å². The Morgan fingerprint density at radius 2 is 1.95 bits per heavy atom. The van der Waals surface area contributed by atoms with Gasteiger partial charge in [0.05, 0.1) is 12.7 Å². The van der Waals surface area contributed by atoms with Gasteiger partial charge in [-0.05, 0) is 20.3 Å². The van der Waals surface area contributed by atoms with Gasteiger partial charge in [-0.1, -0.05) is 0 Å². The highest BCUT2D eigenvalue weighted by atomic mass is 16.5. The number of aliphatic carboxylic acids is 1. The van der Waals surface area contributed by atoms with Crippen molar-refractivity contribution in [3.05, 3.63) is 0 Å². The maximum atomic E-state index is 11.7. The molecule has 7 heteroatoms. The van der Waals surface area contributed by atoms with Crippen LogP contribution in [0.1, 0.15) is 26.7 Å². The molecule has 0 aliphatic rings. The minimum atomic E-state index is -0.880. The second-order valence-electron chi connectivity index (χ2n) is 4.93. The summed E-state index contributed by atoms with van der Waals surface area (Å²) >= 11 is 0. The lowest BCUT2D eigenvalue weighted by Gasteiger charge is -2.26. The quantitative estimate of drug-likeness (QED) is 0.572. The average molecular weight is 276 g/mol. The van der Waals surface area contributed by atoms with Crippen LogP contribution >= 0.6 is 0 Å². The molecule has 3 N–H and O–H groups in total. The Morgan fingerprint density at radius 3 is 2.42 bits per heavy atom. The minimum Gasteiger partial charge on any atom is -0.481 e. The maximum Gasteiger partial charge on any atom is 0.315 e. The second-order valence-corrected chi connectivity index (χ2v) is 4.93. The standard InChI is InChI=1S/C12H24N2O5/c1-12(2,6-5-10(15)16)14-11(17)13-7-9(19-4)8-18-3/h9H,5-8H2,1-4H3,(H,15,16)(H2,13,14,17). The van der Waals surface area contributed by atoms with Crippen LogP contribution in [0.5, 0.6) is 0 Å². The fraction of sp³-hybridized carbons (Fsp3) is 0.833. The first kappa shape index (κ1) is 17.7. The molecular weight excluding hydrogens is 252 g/mol. The lowest BCUT2D eigenvalue weighted by atomic mass is 9.99. The van der Waals surface area contributed by atoms with Crippen LogP contribution in [-0.4, -0.2) is 56.1 Å². The summed E-state index contributed by atoms with van der Waals surface area (Å²) in [5.41, 5.74) is -0.577. The van der Waals surface area contributed by atoms with E-state index in [1.807, 2.05) is 0 Å². The molecule has 0 aliphatic carbocycles. The number of nitrogens with one attached hydrogen (secondary N) is 2. The molecule has 112 valence electrons. The zero-order valence-corrected chi connectivity index (χ0v) is 12.0. The van der Waals surface area contributed by atoms with E-state index in [-0.39, 0.29) is 18.6 Å². The largest absolute Gasteiger partial charge is 0.481 e. The molecular formula is C12H24N2O5. The number of hydrogen-bond donors (Lipinski definition) is 3. The van der Waals surface area contributed by atoms with Gasteiger partial charge in [0.15, 0.2) is 0 Å². The molecule has 1 unspecified atom stereocenters. The summed E-state index contributed by atoms with van der Waals surface area (Å²) in [4.78, 5) is 22.2. The van der Waals surface area contributed by atoms with E-state index in [0.717, 1.165) is 0 Å². The summed E-state index contributed by atoms with van der Waals surface area (Å²) in [5, 5.41) is 14.0. The summed E-state index contributed by atoms with van der Waals surface area (Å²) in [6.07, 6.45) is 0.164. The van der Waals surface area contributed by atoms with Crippen LogP contribution in [0.2, 0.25) is 0 Å². The van der Waals surface area contributed by atoms with Gasteiger partial charge in [-0.25, -0.2) is 4.79 Å². The zero-order valence-electron chi connectivity index (χ0n) is 12.0. The van der Waals surface area contributed by atoms with E-state index in [9.17, 15) is 9.59 Å². The number of carboxylic acids is 1. The Labute approximate surface area is 113 Å². The molecule has 0 saturated heterocycles. The third-order valence-electron chi connectivity index (χ3n) is 2.59. The first-order chi connectivity index (χ1) is 8.80. The van der Waals surface area contributed by atoms with Gasteiger partial charge >= 0.3 is 12.0 Å². The first-order valence-corrected chi connectivity index (χ1v) is 6.10. The molecule has 0 radical (unpaired) electrons. The number of ether oxygens (including phenoxy) is 2. The lowest BCUT2D eigenvalue weighted by Crippen LogP contribution is -2.50. The summed E-state index contributed by atoms with van der Waals surface area (Å²) in [6.45, 7) is 4.27. The molecule has 0 aromatic rings. The molecule has 0 spiro atoms. The normalized spacial score (nSPS) is 12.8. The fourth-order valence-electron chi connectivity index (χ4n) is 1.44. The summed E-state index contributed by atoms with van der Waals surface area (Å²) < 4.78 is 10.0. The average Bonchev–Trinajstić information content (AvgIpc) is 2.31. The number of hydrogen-bond acceptors (Lipinski definition) is 4. The van der Waals surface area contributed by atoms with Gasteiger partial charge in [0.25, 0.3) is 0 Å². The maximum absolute atomic E-state index is 11.7. The van der Waals surface area contributed by atoms with Crippen LogP contribution in [0.3, 0.4) is 0 Å². The van der Waals surface area contributed by atoms with Gasteiger partial charge in [-0.3, -0.25) is 4.79 Å². The summed E-state index contributed by atoms with van der Waals surface area (Å²) in [6, 6.07) is -0.353. The number of carbonyl (C=O) groups excluding carboxylic acids is 1. The molecule has 7 nitrogen and oxygen atoms in total. The van der Waals surface area contributed by atoms with Crippen molar-refractivity contribution < 1.29 is 24.2 Å². The van der Waals surface area contributed by atoms with Gasteiger partial charge in [0.2, 0.25) is 0 Å². The van der Waals surface area contributed by atoms with Gasteiger partial charge in [0, 0.05) is 32.7 Å². The van der Waals surface area contributed by atoms with E-state index < -0.39 is 11.5 Å². The van der Waals surface area contributed by atoms with E-state index in [1.54, 1.807) is 28.1 Å². The number of rotatable bonds is 9. The van der Waals surface area contributed by atoms with Crippen LogP contribution in [0.4, 0.5) is 4.79 Å². The second kappa shape index (κ2) is 8.71. The van der Waals surface area contributed by atoms with Crippen LogP contribution < -0.4 is 10.6 Å². The molecule has 0 aliphatic heterocycles. The molecule has 0 bridgehead atoms. The Balaban J connectivity index is 4.04. The van der Waals surface area contributed by atoms with Crippen molar-refractivity contribution in [1.82, 2.24) is 10.6 Å². The van der Waals surface area contributed by atoms with Crippen molar-refractivity contribution in [2.75, 3.05) is 27.4 Å². The molecule has 0 saturated carbocycles. The van der Waals surface area contributed by atoms with E-state index in [0.29, 0.717) is 19.6 Å². The van der Waals surface area contributed by atoms with E-state index in [2.05, 4.69) is 10.6 Å². The predicted molar refractivity (Wildman–Crippen MR) is 70.2 cm³/mol. The predicted octanol–water partition coefficient (Wildman–Crippen LogP) is 0.590. The lowest BCUT2D eigenvalue weighted by molar-refractivity contribution is -0.137. The number of carbonyl (C=O) groups is 2. The van der Waals surface area contributed by atoms with Crippen molar-refractivity contribution in [2.45, 2.75) is 38.3 Å². The van der Waals surface area contributed by atoms with Crippen molar-refractivity contribution in [2.24, 2.45) is 0 Å². The number of carboxylic acid groups (broad SMARTS) is 1. The Morgan fingerprint density at radius 1 is 1.32 bits per heavy atom. The van der Waals surface area contributed by atoms with E-state index >= 15 is 0 Å². The van der Waals surface area contributed by atoms with Crippen LogP contribution in [0, 0.1) is 0 Å². The third-order valence-corrected chi connectivity index (χ3v) is 2.59. The molecule has 0 heterocycles. The Hall–Kier alpha value is -1.34. The molecule has 0 aromatic carbocycles. The topological polar surface area (TPSA) is 96.9 Å². The molecule has 0 aromatic heterocycles. The monoisotopic (exact) mass is 276 g/mol. The molecule has 0 rings (SSSR count). The zero-order chi connectivity index (χ0) is 14.9. The Bertz CT molecular complexity index is 294. The SMILES string of the molecule is COCC(CNC(=O)NC(C)(C)CCC(=O)O)OC. The summed E-state index contributed by atoms with van der Waals surface area (Å²) in [7, 11) is 3.10. The van der Waals surface area contributed by atoms with Crippen molar-refractivity contribution in [3.63, 3.8) is 0 Å². The van der Waals surface area contributed by atoms with Crippen LogP contribution in [0.25, 0.3) is 0 Å². The third kappa shape index (κ3) is 9.26. The Kier molecular flexibility index (Phi) is 8.09. The number of urea groups is 1. The highest BCUT2D eigenvalue weighted by molar-refractivity contribution is 5.75. The van der Waals surface area contributed by atoms with Crippen molar-refractivity contribution in [3.8, 4) is 0 Å². The molecule has 0 fully saturated rings. The van der Waals surface area contributed by atoms with E-state index in [4.69, 9.17) is 14.6 Å². The van der Waals surface area contributed by atoms with Crippen LogP contribution in [-0.2, 0) is 14.3 Å². The number of amides is 2. The van der Waals surface area contributed by atoms with Crippen LogP contribution in [0.15, 0.2) is 0 Å². The minimum absolute atomic E-state index is 0.0116. The first-order valence-electron chi connectivity index (χ1n) is 6.10. The number of methoxy groups -OCH3 is 2. The van der Waals surface area contributed by atoms with Gasteiger partial charge < -0.3 is 25.2 Å². The van der Waals surface area contributed by atoms with Crippen molar-refractivity contribution in [1.29, 1.82) is 0 Å². The molecule has 19 heavy (non-hydrogen) atoms. The van der Waals surface area contributed by atoms with Gasteiger partial charge in [-0.15, -0.1) is 0 Å². The van der Waals surface area contributed by atoms with Crippen molar-refractivity contribution >= 4 is 12.0 Å². The van der Waals surface area contributed by atoms with Gasteiger partial charge in [0.1, 0.15) is 0 Å². The molecule has 2 amide bonds. The fourth-order valence-corrected chi connectivity index (χ4v) is 1.44. The summed E-state index contributed by atoms with van der Waals surface area (Å²) in [5.74, 6) is -0.880. The molecule has 1 atom stereocenters. The van der Waals surface area contributed by atoms with E-state index in [1.165, 1.54) is 0 Å². The highest BCUT2D eigenvalue weighted by Crippen LogP contribution is 2.10.